The predicted octanol–water partition coefficient (Wildman–Crippen LogP) is 3.27. The molecule has 2 heterocycles. The Hall–Kier alpha value is -2.43. The normalized spacial score (nSPS) is 12.5. The van der Waals surface area contributed by atoms with E-state index < -0.39 is 0 Å². The van der Waals surface area contributed by atoms with E-state index in [-0.39, 0.29) is 11.9 Å². The Morgan fingerprint density at radius 1 is 1.21 bits per heavy atom. The van der Waals surface area contributed by atoms with E-state index in [0.29, 0.717) is 11.5 Å². The summed E-state index contributed by atoms with van der Waals surface area (Å²) in [5.41, 5.74) is 2.54. The summed E-state index contributed by atoms with van der Waals surface area (Å²) in [6.07, 6.45) is 3.50. The van der Waals surface area contributed by atoms with Crippen LogP contribution in [0.25, 0.3) is 11.0 Å². The molecule has 1 unspecified atom stereocenters. The second-order valence-corrected chi connectivity index (χ2v) is 4.39. The number of hydrogen-bond acceptors (Lipinski definition) is 3. The first kappa shape index (κ1) is 11.6. The van der Waals surface area contributed by atoms with Gasteiger partial charge < -0.3 is 10.3 Å². The van der Waals surface area contributed by atoms with Gasteiger partial charge in [-0.05, 0) is 42.8 Å². The number of pyridine rings is 1. The number of hydrogen-bond donors (Lipinski definition) is 2. The van der Waals surface area contributed by atoms with Crippen molar-refractivity contribution in [3.8, 4) is 0 Å². The molecule has 3 aromatic rings. The minimum atomic E-state index is -0.273. The number of aromatic amines is 1. The van der Waals surface area contributed by atoms with Crippen LogP contribution in [-0.2, 0) is 0 Å². The van der Waals surface area contributed by atoms with Crippen LogP contribution in [0.1, 0.15) is 18.5 Å². The van der Waals surface area contributed by atoms with Crippen LogP contribution in [0.3, 0.4) is 0 Å². The molecule has 0 fully saturated rings. The molecule has 96 valence electrons. The van der Waals surface area contributed by atoms with Gasteiger partial charge in [0.25, 0.3) is 0 Å². The van der Waals surface area contributed by atoms with Gasteiger partial charge in [0.1, 0.15) is 5.82 Å². The summed E-state index contributed by atoms with van der Waals surface area (Å²) in [6, 6.07) is 8.47. The van der Waals surface area contributed by atoms with Crippen LogP contribution in [0.2, 0.25) is 0 Å². The monoisotopic (exact) mass is 256 g/mol. The lowest BCUT2D eigenvalue weighted by Crippen LogP contribution is -2.07. The highest BCUT2D eigenvalue weighted by Crippen LogP contribution is 2.20. The third kappa shape index (κ3) is 2.40. The van der Waals surface area contributed by atoms with Gasteiger partial charge in [-0.3, -0.25) is 4.98 Å². The number of fused-ring (bicyclic) bond motifs is 1. The Bertz CT molecular complexity index is 693. The molecule has 5 heteroatoms. The molecular formula is C14H13FN4. The third-order valence-corrected chi connectivity index (χ3v) is 3.00. The van der Waals surface area contributed by atoms with Crippen molar-refractivity contribution in [2.45, 2.75) is 13.0 Å². The first-order chi connectivity index (χ1) is 9.22. The number of nitrogens with zero attached hydrogens (tertiary/aromatic N) is 2. The Kier molecular flexibility index (Phi) is 2.87. The number of imidazole rings is 1. The van der Waals surface area contributed by atoms with Gasteiger partial charge >= 0.3 is 0 Å². The van der Waals surface area contributed by atoms with Crippen LogP contribution in [-0.4, -0.2) is 15.0 Å². The van der Waals surface area contributed by atoms with Crippen molar-refractivity contribution in [1.82, 2.24) is 15.0 Å². The molecule has 1 atom stereocenters. The first-order valence-corrected chi connectivity index (χ1v) is 6.04. The number of rotatable bonds is 3. The van der Waals surface area contributed by atoms with Crippen molar-refractivity contribution in [1.29, 1.82) is 0 Å². The molecule has 0 amide bonds. The van der Waals surface area contributed by atoms with Crippen molar-refractivity contribution in [2.75, 3.05) is 5.32 Å². The maximum atomic E-state index is 13.1. The number of benzene rings is 1. The topological polar surface area (TPSA) is 53.6 Å². The second-order valence-electron chi connectivity index (χ2n) is 4.39. The van der Waals surface area contributed by atoms with E-state index in [1.165, 1.54) is 12.1 Å². The van der Waals surface area contributed by atoms with Gasteiger partial charge in [-0.2, -0.15) is 0 Å². The lowest BCUT2D eigenvalue weighted by Gasteiger charge is -2.12. The van der Waals surface area contributed by atoms with Crippen LogP contribution >= 0.6 is 0 Å². The standard InChI is InChI=1S/C14H13FN4/c1-9(10-4-6-16-7-5-10)17-14-18-12-3-2-11(15)8-13(12)19-14/h2-9H,1H3,(H2,17,18,19). The zero-order valence-corrected chi connectivity index (χ0v) is 10.4. The lowest BCUT2D eigenvalue weighted by molar-refractivity contribution is 0.629. The second kappa shape index (κ2) is 4.68. The van der Waals surface area contributed by atoms with Gasteiger partial charge in [-0.25, -0.2) is 9.37 Å². The quantitative estimate of drug-likeness (QED) is 0.756. The molecule has 19 heavy (non-hydrogen) atoms. The SMILES string of the molecule is CC(Nc1nc2ccc(F)cc2[nH]1)c1ccncc1. The molecule has 3 rings (SSSR count). The molecular weight excluding hydrogens is 243 g/mol. The van der Waals surface area contributed by atoms with E-state index in [2.05, 4.69) is 20.3 Å². The number of halogens is 1. The molecule has 0 aliphatic heterocycles. The fraction of sp³-hybridized carbons (Fsp3) is 0.143. The van der Waals surface area contributed by atoms with Gasteiger partial charge in [-0.15, -0.1) is 0 Å². The van der Waals surface area contributed by atoms with E-state index in [1.807, 2.05) is 19.1 Å². The third-order valence-electron chi connectivity index (χ3n) is 3.00. The molecule has 0 saturated carbocycles. The molecule has 2 N–H and O–H groups in total. The summed E-state index contributed by atoms with van der Waals surface area (Å²) in [5.74, 6) is 0.356. The fourth-order valence-electron chi connectivity index (χ4n) is 1.99. The van der Waals surface area contributed by atoms with Crippen molar-refractivity contribution >= 4 is 17.0 Å². The molecule has 0 bridgehead atoms. The highest BCUT2D eigenvalue weighted by Gasteiger charge is 2.08. The van der Waals surface area contributed by atoms with Gasteiger partial charge in [0.15, 0.2) is 0 Å². The Morgan fingerprint density at radius 3 is 2.79 bits per heavy atom. The lowest BCUT2D eigenvalue weighted by atomic mass is 10.1. The summed E-state index contributed by atoms with van der Waals surface area (Å²) in [4.78, 5) is 11.4. The highest BCUT2D eigenvalue weighted by atomic mass is 19.1. The average molecular weight is 256 g/mol. The Labute approximate surface area is 109 Å². The number of aromatic nitrogens is 3. The molecule has 0 aliphatic carbocycles. The largest absolute Gasteiger partial charge is 0.349 e. The minimum absolute atomic E-state index is 0.0911. The number of H-pyrrole nitrogens is 1. The van der Waals surface area contributed by atoms with Gasteiger partial charge in [0, 0.05) is 12.4 Å². The Balaban J connectivity index is 1.85. The summed E-state index contributed by atoms with van der Waals surface area (Å²) in [5, 5.41) is 3.25. The van der Waals surface area contributed by atoms with Crippen molar-refractivity contribution in [2.24, 2.45) is 0 Å². The smallest absolute Gasteiger partial charge is 0.201 e. The van der Waals surface area contributed by atoms with Crippen LogP contribution in [0.15, 0.2) is 42.7 Å². The zero-order valence-electron chi connectivity index (χ0n) is 10.4. The van der Waals surface area contributed by atoms with Crippen LogP contribution in [0.5, 0.6) is 0 Å². The Morgan fingerprint density at radius 2 is 2.00 bits per heavy atom. The van der Waals surface area contributed by atoms with Crippen molar-refractivity contribution in [3.05, 3.63) is 54.1 Å². The summed E-state index contributed by atoms with van der Waals surface area (Å²) < 4.78 is 13.1. The molecule has 2 aromatic heterocycles. The number of anilines is 1. The van der Waals surface area contributed by atoms with Crippen molar-refractivity contribution in [3.63, 3.8) is 0 Å². The van der Waals surface area contributed by atoms with E-state index in [1.54, 1.807) is 18.5 Å². The summed E-state index contributed by atoms with van der Waals surface area (Å²) >= 11 is 0. The van der Waals surface area contributed by atoms with Crippen molar-refractivity contribution < 1.29 is 4.39 Å². The predicted molar refractivity (Wildman–Crippen MR) is 72.3 cm³/mol. The van der Waals surface area contributed by atoms with Gasteiger partial charge in [0.05, 0.1) is 17.1 Å². The van der Waals surface area contributed by atoms with E-state index in [9.17, 15) is 4.39 Å². The van der Waals surface area contributed by atoms with Crippen LogP contribution in [0, 0.1) is 5.82 Å². The maximum Gasteiger partial charge on any atom is 0.201 e. The van der Waals surface area contributed by atoms with Crippen LogP contribution < -0.4 is 5.32 Å². The molecule has 1 aromatic carbocycles. The van der Waals surface area contributed by atoms with Crippen LogP contribution in [0.4, 0.5) is 10.3 Å². The maximum absolute atomic E-state index is 13.1. The molecule has 4 nitrogen and oxygen atoms in total. The van der Waals surface area contributed by atoms with Gasteiger partial charge in [-0.1, -0.05) is 0 Å². The van der Waals surface area contributed by atoms with E-state index in [4.69, 9.17) is 0 Å². The molecule has 0 spiro atoms. The van der Waals surface area contributed by atoms with E-state index >= 15 is 0 Å². The van der Waals surface area contributed by atoms with E-state index in [0.717, 1.165) is 11.1 Å². The molecule has 0 saturated heterocycles. The summed E-state index contributed by atoms with van der Waals surface area (Å²) in [6.45, 7) is 2.03. The average Bonchev–Trinajstić information content (AvgIpc) is 2.81. The highest BCUT2D eigenvalue weighted by molar-refractivity contribution is 5.77. The fourth-order valence-corrected chi connectivity index (χ4v) is 1.99. The first-order valence-electron chi connectivity index (χ1n) is 6.04. The molecule has 0 aliphatic rings. The number of nitrogens with one attached hydrogen (secondary N) is 2. The summed E-state index contributed by atoms with van der Waals surface area (Å²) in [7, 11) is 0. The molecule has 0 radical (unpaired) electrons. The zero-order chi connectivity index (χ0) is 13.2. The van der Waals surface area contributed by atoms with Gasteiger partial charge in [0.2, 0.25) is 5.95 Å². The minimum Gasteiger partial charge on any atom is -0.349 e.